The van der Waals surface area contributed by atoms with Crippen molar-refractivity contribution in [3.63, 3.8) is 0 Å². The van der Waals surface area contributed by atoms with Crippen LogP contribution in [-0.2, 0) is 4.79 Å². The second-order valence-electron chi connectivity index (χ2n) is 3.67. The highest BCUT2D eigenvalue weighted by molar-refractivity contribution is 7.99. The molecule has 1 aliphatic heterocycles. The number of carboxylic acid groups (broad SMARTS) is 1. The van der Waals surface area contributed by atoms with Gasteiger partial charge in [-0.2, -0.15) is 11.8 Å². The first-order valence-corrected chi connectivity index (χ1v) is 6.37. The number of aliphatic carboxylic acids is 1. The molecular weight excluding hydrogens is 240 g/mol. The number of carboxylic acids is 1. The molecule has 1 amide bonds. The Hall–Kier alpha value is -1.56. The van der Waals surface area contributed by atoms with Gasteiger partial charge in [-0.15, -0.1) is 0 Å². The topological polar surface area (TPSA) is 70.5 Å². The molecule has 1 aliphatic rings. The predicted molar refractivity (Wildman–Crippen MR) is 64.0 cm³/mol. The maximum atomic E-state index is 12.1. The third-order valence-electron chi connectivity index (χ3n) is 2.58. The lowest BCUT2D eigenvalue weighted by atomic mass is 10.2. The minimum atomic E-state index is -0.950. The molecule has 1 N–H and O–H groups in total. The zero-order valence-electron chi connectivity index (χ0n) is 9.07. The van der Waals surface area contributed by atoms with Crippen LogP contribution in [0.1, 0.15) is 10.4 Å². The molecule has 17 heavy (non-hydrogen) atoms. The van der Waals surface area contributed by atoms with E-state index in [9.17, 15) is 9.59 Å². The van der Waals surface area contributed by atoms with Gasteiger partial charge in [0.1, 0.15) is 6.04 Å². The van der Waals surface area contributed by atoms with E-state index >= 15 is 0 Å². The van der Waals surface area contributed by atoms with Crippen LogP contribution in [0.4, 0.5) is 0 Å². The van der Waals surface area contributed by atoms with E-state index in [4.69, 9.17) is 5.11 Å². The van der Waals surface area contributed by atoms with Crippen molar-refractivity contribution in [1.29, 1.82) is 0 Å². The van der Waals surface area contributed by atoms with Crippen LogP contribution in [0.25, 0.3) is 0 Å². The highest BCUT2D eigenvalue weighted by atomic mass is 32.2. The summed E-state index contributed by atoms with van der Waals surface area (Å²) in [7, 11) is 0. The number of thioether (sulfide) groups is 1. The van der Waals surface area contributed by atoms with Crippen molar-refractivity contribution in [1.82, 2.24) is 9.88 Å². The van der Waals surface area contributed by atoms with Gasteiger partial charge in [0.05, 0.1) is 5.56 Å². The van der Waals surface area contributed by atoms with Crippen LogP contribution in [0.2, 0.25) is 0 Å². The largest absolute Gasteiger partial charge is 0.480 e. The third-order valence-corrected chi connectivity index (χ3v) is 3.61. The Morgan fingerprint density at radius 3 is 3.00 bits per heavy atom. The molecule has 2 rings (SSSR count). The number of rotatable bonds is 2. The SMILES string of the molecule is O=C(O)C1CSCCN1C(=O)c1cccnc1. The molecule has 5 nitrogen and oxygen atoms in total. The minimum absolute atomic E-state index is 0.259. The van der Waals surface area contributed by atoms with E-state index in [2.05, 4.69) is 4.98 Å². The van der Waals surface area contributed by atoms with Gasteiger partial charge >= 0.3 is 5.97 Å². The Bertz CT molecular complexity index is 424. The number of hydrogen-bond donors (Lipinski definition) is 1. The molecule has 1 atom stereocenters. The van der Waals surface area contributed by atoms with Gasteiger partial charge in [-0.05, 0) is 12.1 Å². The molecule has 2 heterocycles. The molecule has 0 aliphatic carbocycles. The smallest absolute Gasteiger partial charge is 0.327 e. The standard InChI is InChI=1S/C11H12N2O3S/c14-10(8-2-1-3-12-6-8)13-4-5-17-7-9(13)11(15)16/h1-3,6,9H,4-5,7H2,(H,15,16). The molecule has 0 aromatic carbocycles. The van der Waals surface area contributed by atoms with Gasteiger partial charge in [0.2, 0.25) is 0 Å². The van der Waals surface area contributed by atoms with E-state index in [1.807, 2.05) is 0 Å². The van der Waals surface area contributed by atoms with E-state index in [1.54, 1.807) is 30.1 Å². The maximum Gasteiger partial charge on any atom is 0.327 e. The molecule has 6 heteroatoms. The van der Waals surface area contributed by atoms with Crippen LogP contribution in [-0.4, -0.2) is 51.0 Å². The summed E-state index contributed by atoms with van der Waals surface area (Å²) in [6, 6.07) is 2.58. The molecule has 1 unspecified atom stereocenters. The van der Waals surface area contributed by atoms with Gasteiger partial charge in [-0.3, -0.25) is 9.78 Å². The first-order valence-electron chi connectivity index (χ1n) is 5.21. The Kier molecular flexibility index (Phi) is 3.63. The summed E-state index contributed by atoms with van der Waals surface area (Å²) in [6.07, 6.45) is 3.04. The normalized spacial score (nSPS) is 20.0. The number of amides is 1. The second kappa shape index (κ2) is 5.18. The molecule has 0 bridgehead atoms. The van der Waals surface area contributed by atoms with E-state index in [0.29, 0.717) is 17.9 Å². The molecule has 1 fully saturated rings. The summed E-state index contributed by atoms with van der Waals surface area (Å²) in [5, 5.41) is 9.08. The molecule has 0 radical (unpaired) electrons. The number of hydrogen-bond acceptors (Lipinski definition) is 4. The Balaban J connectivity index is 2.20. The van der Waals surface area contributed by atoms with Gasteiger partial charge in [0.15, 0.2) is 0 Å². The average molecular weight is 252 g/mol. The van der Waals surface area contributed by atoms with Gasteiger partial charge in [-0.1, -0.05) is 0 Å². The molecule has 1 aromatic rings. The van der Waals surface area contributed by atoms with Crippen molar-refractivity contribution < 1.29 is 14.7 Å². The van der Waals surface area contributed by atoms with Crippen LogP contribution < -0.4 is 0 Å². The summed E-state index contributed by atoms with van der Waals surface area (Å²) in [5.74, 6) is 0.0113. The van der Waals surface area contributed by atoms with Crippen LogP contribution >= 0.6 is 11.8 Å². The van der Waals surface area contributed by atoms with Gasteiger partial charge in [0.25, 0.3) is 5.91 Å². The zero-order valence-corrected chi connectivity index (χ0v) is 9.89. The molecule has 0 spiro atoms. The monoisotopic (exact) mass is 252 g/mol. The van der Waals surface area contributed by atoms with Crippen LogP contribution in [0, 0.1) is 0 Å². The number of aromatic nitrogens is 1. The minimum Gasteiger partial charge on any atom is -0.480 e. The molecule has 0 saturated carbocycles. The Morgan fingerprint density at radius 2 is 2.35 bits per heavy atom. The fourth-order valence-electron chi connectivity index (χ4n) is 1.71. The van der Waals surface area contributed by atoms with Crippen LogP contribution in [0.15, 0.2) is 24.5 Å². The van der Waals surface area contributed by atoms with E-state index in [1.165, 1.54) is 11.1 Å². The fourth-order valence-corrected chi connectivity index (χ4v) is 2.74. The lowest BCUT2D eigenvalue weighted by molar-refractivity contribution is -0.141. The van der Waals surface area contributed by atoms with Crippen molar-refractivity contribution in [2.24, 2.45) is 0 Å². The molecule has 1 aromatic heterocycles. The third kappa shape index (κ3) is 2.58. The quantitative estimate of drug-likeness (QED) is 0.840. The highest BCUT2D eigenvalue weighted by Gasteiger charge is 2.32. The highest BCUT2D eigenvalue weighted by Crippen LogP contribution is 2.19. The summed E-state index contributed by atoms with van der Waals surface area (Å²) in [6.45, 7) is 0.468. The first kappa shape index (κ1) is 11.9. The van der Waals surface area contributed by atoms with Crippen LogP contribution in [0.5, 0.6) is 0 Å². The van der Waals surface area contributed by atoms with Crippen molar-refractivity contribution in [2.45, 2.75) is 6.04 Å². The first-order chi connectivity index (χ1) is 8.20. The second-order valence-corrected chi connectivity index (χ2v) is 4.82. The number of nitrogens with zero attached hydrogens (tertiary/aromatic N) is 2. The fraction of sp³-hybridized carbons (Fsp3) is 0.364. The Morgan fingerprint density at radius 1 is 1.53 bits per heavy atom. The van der Waals surface area contributed by atoms with Crippen molar-refractivity contribution in [3.8, 4) is 0 Å². The average Bonchev–Trinajstić information content (AvgIpc) is 2.39. The van der Waals surface area contributed by atoms with Crippen molar-refractivity contribution >= 4 is 23.6 Å². The van der Waals surface area contributed by atoms with Crippen LogP contribution in [0.3, 0.4) is 0 Å². The summed E-state index contributed by atoms with van der Waals surface area (Å²) < 4.78 is 0. The summed E-state index contributed by atoms with van der Waals surface area (Å²) in [5.41, 5.74) is 0.436. The number of pyridine rings is 1. The molecule has 1 saturated heterocycles. The number of carbonyl (C=O) groups is 2. The Labute approximate surface area is 103 Å². The van der Waals surface area contributed by atoms with E-state index in [0.717, 1.165) is 5.75 Å². The van der Waals surface area contributed by atoms with E-state index in [-0.39, 0.29) is 5.91 Å². The molecule has 90 valence electrons. The zero-order chi connectivity index (χ0) is 12.3. The number of carbonyl (C=O) groups excluding carboxylic acids is 1. The lowest BCUT2D eigenvalue weighted by Gasteiger charge is -2.32. The summed E-state index contributed by atoms with van der Waals surface area (Å²) in [4.78, 5) is 28.5. The van der Waals surface area contributed by atoms with Crippen molar-refractivity contribution in [2.75, 3.05) is 18.1 Å². The van der Waals surface area contributed by atoms with Gasteiger partial charge < -0.3 is 10.0 Å². The maximum absolute atomic E-state index is 12.1. The predicted octanol–water partition coefficient (Wildman–Crippen LogP) is 0.724. The van der Waals surface area contributed by atoms with Gasteiger partial charge in [0, 0.05) is 30.4 Å². The molecular formula is C11H12N2O3S. The van der Waals surface area contributed by atoms with E-state index < -0.39 is 12.0 Å². The van der Waals surface area contributed by atoms with Crippen molar-refractivity contribution in [3.05, 3.63) is 30.1 Å². The lowest BCUT2D eigenvalue weighted by Crippen LogP contribution is -2.50. The summed E-state index contributed by atoms with van der Waals surface area (Å²) >= 11 is 1.56. The van der Waals surface area contributed by atoms with Gasteiger partial charge in [-0.25, -0.2) is 4.79 Å².